The molecule has 0 saturated carbocycles. The molecule has 112 valence electrons. The van der Waals surface area contributed by atoms with Gasteiger partial charge in [0.05, 0.1) is 5.39 Å². The van der Waals surface area contributed by atoms with Gasteiger partial charge in [0.15, 0.2) is 0 Å². The van der Waals surface area contributed by atoms with E-state index in [0.29, 0.717) is 15.4 Å². The maximum Gasteiger partial charge on any atom is 0.346 e. The van der Waals surface area contributed by atoms with Crippen molar-refractivity contribution >= 4 is 45.1 Å². The molecule has 2 aromatic heterocycles. The number of anilines is 1. The molecule has 0 spiro atoms. The number of nitrogens with zero attached hydrogens (tertiary/aromatic N) is 3. The minimum Gasteiger partial charge on any atom is -0.477 e. The normalized spacial score (nSPS) is 22.7. The molecule has 0 radical (unpaired) electrons. The molecule has 2 unspecified atom stereocenters. The number of rotatable bonds is 2. The molecule has 0 aromatic carbocycles. The first-order valence-corrected chi connectivity index (χ1v) is 8.61. The van der Waals surface area contributed by atoms with Gasteiger partial charge in [-0.25, -0.2) is 14.8 Å². The van der Waals surface area contributed by atoms with Crippen LogP contribution in [0.1, 0.15) is 29.1 Å². The summed E-state index contributed by atoms with van der Waals surface area (Å²) in [5, 5.41) is 11.3. The fourth-order valence-electron chi connectivity index (χ4n) is 2.85. The summed E-state index contributed by atoms with van der Waals surface area (Å²) in [4.78, 5) is 23.4. The number of hydrogen-bond acceptors (Lipinski definition) is 6. The van der Waals surface area contributed by atoms with Crippen LogP contribution in [-0.2, 0) is 0 Å². The second-order valence-electron chi connectivity index (χ2n) is 5.40. The van der Waals surface area contributed by atoms with Gasteiger partial charge < -0.3 is 10.0 Å². The number of thioether (sulfide) groups is 1. The maximum absolute atomic E-state index is 11.3. The molecule has 1 N–H and O–H groups in total. The number of fused-ring (bicyclic) bond motifs is 1. The van der Waals surface area contributed by atoms with Gasteiger partial charge in [0.2, 0.25) is 0 Å². The van der Waals surface area contributed by atoms with E-state index in [9.17, 15) is 9.90 Å². The summed E-state index contributed by atoms with van der Waals surface area (Å²) in [7, 11) is 0. The van der Waals surface area contributed by atoms with Crippen LogP contribution in [0, 0.1) is 6.92 Å². The van der Waals surface area contributed by atoms with Gasteiger partial charge in [-0.2, -0.15) is 11.8 Å². The van der Waals surface area contributed by atoms with Crippen molar-refractivity contribution in [3.8, 4) is 0 Å². The molecule has 7 heteroatoms. The molecule has 0 bridgehead atoms. The fraction of sp³-hybridized carbons (Fsp3) is 0.500. The van der Waals surface area contributed by atoms with Crippen molar-refractivity contribution < 1.29 is 9.90 Å². The van der Waals surface area contributed by atoms with Crippen molar-refractivity contribution in [2.24, 2.45) is 0 Å². The Morgan fingerprint density at radius 2 is 2.00 bits per heavy atom. The molecule has 5 nitrogen and oxygen atoms in total. The molecule has 1 fully saturated rings. The zero-order chi connectivity index (χ0) is 15.1. The van der Waals surface area contributed by atoms with Crippen LogP contribution < -0.4 is 4.90 Å². The van der Waals surface area contributed by atoms with Gasteiger partial charge in [-0.05, 0) is 12.5 Å². The highest BCUT2D eigenvalue weighted by atomic mass is 32.2. The standard InChI is InChI=1S/C14H17N3O2S2/c1-7-4-17(5-8(2)20-7)12-10-9(3)11(14(18)19)21-13(10)16-6-15-12/h6-8H,4-5H2,1-3H3,(H,18,19). The molecule has 3 rings (SSSR count). The van der Waals surface area contributed by atoms with E-state index in [1.54, 1.807) is 0 Å². The Labute approximate surface area is 131 Å². The SMILES string of the molecule is Cc1c(C(=O)O)sc2ncnc(N3CC(C)SC(C)C3)c12. The number of aryl methyl sites for hydroxylation is 1. The van der Waals surface area contributed by atoms with Crippen LogP contribution in [0.4, 0.5) is 5.82 Å². The minimum atomic E-state index is -0.891. The Hall–Kier alpha value is -1.34. The zero-order valence-corrected chi connectivity index (χ0v) is 13.8. The lowest BCUT2D eigenvalue weighted by atomic mass is 10.2. The highest BCUT2D eigenvalue weighted by molar-refractivity contribution is 8.00. The van der Waals surface area contributed by atoms with Gasteiger partial charge in [-0.15, -0.1) is 11.3 Å². The molecule has 1 saturated heterocycles. The van der Waals surface area contributed by atoms with E-state index < -0.39 is 5.97 Å². The minimum absolute atomic E-state index is 0.360. The predicted octanol–water partition coefficient (Wildman–Crippen LogP) is 3.03. The Kier molecular flexibility index (Phi) is 3.79. The lowest BCUT2D eigenvalue weighted by molar-refractivity contribution is 0.0701. The van der Waals surface area contributed by atoms with Crippen LogP contribution in [0.5, 0.6) is 0 Å². The average molecular weight is 323 g/mol. The van der Waals surface area contributed by atoms with Gasteiger partial charge in [0.25, 0.3) is 0 Å². The summed E-state index contributed by atoms with van der Waals surface area (Å²) in [5.41, 5.74) is 0.775. The third kappa shape index (κ3) is 2.60. The Bertz CT molecular complexity index is 691. The number of aromatic carboxylic acids is 1. The van der Waals surface area contributed by atoms with Crippen molar-refractivity contribution in [3.05, 3.63) is 16.8 Å². The molecule has 0 amide bonds. The summed E-state index contributed by atoms with van der Waals surface area (Å²) in [5.74, 6) is -0.0161. The van der Waals surface area contributed by atoms with E-state index in [0.717, 1.165) is 34.7 Å². The number of carbonyl (C=O) groups is 1. The van der Waals surface area contributed by atoms with Gasteiger partial charge in [-0.1, -0.05) is 13.8 Å². The van der Waals surface area contributed by atoms with Crippen molar-refractivity contribution in [3.63, 3.8) is 0 Å². The second kappa shape index (κ2) is 5.46. The average Bonchev–Trinajstić information content (AvgIpc) is 2.75. The predicted molar refractivity (Wildman–Crippen MR) is 87.8 cm³/mol. The van der Waals surface area contributed by atoms with Gasteiger partial charge in [-0.3, -0.25) is 0 Å². The maximum atomic E-state index is 11.3. The molecule has 1 aliphatic rings. The topological polar surface area (TPSA) is 66.3 Å². The molecular formula is C14H17N3O2S2. The van der Waals surface area contributed by atoms with Crippen LogP contribution >= 0.6 is 23.1 Å². The lowest BCUT2D eigenvalue weighted by Crippen LogP contribution is -2.41. The monoisotopic (exact) mass is 323 g/mol. The van der Waals surface area contributed by atoms with E-state index in [-0.39, 0.29) is 0 Å². The third-order valence-corrected chi connectivity index (χ3v) is 6.04. The smallest absolute Gasteiger partial charge is 0.346 e. The highest BCUT2D eigenvalue weighted by Gasteiger charge is 2.27. The lowest BCUT2D eigenvalue weighted by Gasteiger charge is -2.35. The number of thiophene rings is 1. The van der Waals surface area contributed by atoms with E-state index in [4.69, 9.17) is 0 Å². The van der Waals surface area contributed by atoms with Crippen molar-refractivity contribution in [1.82, 2.24) is 9.97 Å². The van der Waals surface area contributed by atoms with Crippen molar-refractivity contribution in [2.75, 3.05) is 18.0 Å². The third-order valence-electron chi connectivity index (χ3n) is 3.62. The van der Waals surface area contributed by atoms with E-state index in [2.05, 4.69) is 28.7 Å². The van der Waals surface area contributed by atoms with Crippen LogP contribution in [0.3, 0.4) is 0 Å². The van der Waals surface area contributed by atoms with Gasteiger partial charge in [0, 0.05) is 23.6 Å². The Morgan fingerprint density at radius 3 is 2.62 bits per heavy atom. The molecule has 0 aliphatic carbocycles. The Balaban J connectivity index is 2.12. The molecule has 21 heavy (non-hydrogen) atoms. The first-order valence-electron chi connectivity index (χ1n) is 6.85. The molecule has 1 aliphatic heterocycles. The first kappa shape index (κ1) is 14.6. The van der Waals surface area contributed by atoms with Crippen LogP contribution in [0.25, 0.3) is 10.2 Å². The number of hydrogen-bond donors (Lipinski definition) is 1. The van der Waals surface area contributed by atoms with Crippen molar-refractivity contribution in [1.29, 1.82) is 0 Å². The quantitative estimate of drug-likeness (QED) is 0.916. The number of carboxylic acids is 1. The second-order valence-corrected chi connectivity index (χ2v) is 8.28. The number of carboxylic acid groups (broad SMARTS) is 1. The summed E-state index contributed by atoms with van der Waals surface area (Å²) >= 11 is 3.21. The summed E-state index contributed by atoms with van der Waals surface area (Å²) in [6, 6.07) is 0. The Morgan fingerprint density at radius 1 is 1.33 bits per heavy atom. The van der Waals surface area contributed by atoms with Crippen LogP contribution in [-0.4, -0.2) is 44.6 Å². The molecule has 2 atom stereocenters. The molecule has 3 heterocycles. The van der Waals surface area contributed by atoms with Crippen molar-refractivity contribution in [2.45, 2.75) is 31.3 Å². The zero-order valence-electron chi connectivity index (χ0n) is 12.2. The van der Waals surface area contributed by atoms with Crippen LogP contribution in [0.15, 0.2) is 6.33 Å². The summed E-state index contributed by atoms with van der Waals surface area (Å²) in [6.45, 7) is 8.14. The molecule has 2 aromatic rings. The van der Waals surface area contributed by atoms with Gasteiger partial charge in [0.1, 0.15) is 21.9 Å². The molecular weight excluding hydrogens is 306 g/mol. The van der Waals surface area contributed by atoms with Gasteiger partial charge >= 0.3 is 5.97 Å². The largest absolute Gasteiger partial charge is 0.477 e. The van der Waals surface area contributed by atoms with Crippen LogP contribution in [0.2, 0.25) is 0 Å². The fourth-order valence-corrected chi connectivity index (χ4v) is 5.15. The van der Waals surface area contributed by atoms with E-state index in [1.165, 1.54) is 17.7 Å². The first-order chi connectivity index (χ1) is 9.97. The highest BCUT2D eigenvalue weighted by Crippen LogP contribution is 2.37. The number of aromatic nitrogens is 2. The summed E-state index contributed by atoms with van der Waals surface area (Å²) in [6.07, 6.45) is 1.54. The van der Waals surface area contributed by atoms with E-state index >= 15 is 0 Å². The van der Waals surface area contributed by atoms with E-state index in [1.807, 2.05) is 18.7 Å². The summed E-state index contributed by atoms with van der Waals surface area (Å²) < 4.78 is 0.